The lowest BCUT2D eigenvalue weighted by Gasteiger charge is -2.34. The Morgan fingerprint density at radius 2 is 1.88 bits per heavy atom. The van der Waals surface area contributed by atoms with Gasteiger partial charge in [0.2, 0.25) is 0 Å². The molecule has 3 heteroatoms. The smallest absolute Gasteiger partial charge is 0.0341 e. The lowest BCUT2D eigenvalue weighted by atomic mass is 9.81. The Morgan fingerprint density at radius 3 is 2.47 bits per heavy atom. The highest BCUT2D eigenvalue weighted by Crippen LogP contribution is 2.28. The van der Waals surface area contributed by atoms with E-state index in [1.54, 1.807) is 11.8 Å². The molecule has 1 aromatic carbocycles. The molecule has 1 saturated heterocycles. The summed E-state index contributed by atoms with van der Waals surface area (Å²) in [4.78, 5) is 1.32. The van der Waals surface area contributed by atoms with Gasteiger partial charge in [0.25, 0.3) is 0 Å². The van der Waals surface area contributed by atoms with Gasteiger partial charge in [0.15, 0.2) is 0 Å². The number of rotatable bonds is 4. The van der Waals surface area contributed by atoms with Crippen molar-refractivity contribution in [2.45, 2.75) is 24.7 Å². The molecule has 1 aliphatic rings. The Balaban J connectivity index is 1.87. The minimum atomic E-state index is 0.448. The number of hydrogen-bond donors (Lipinski definition) is 2. The van der Waals surface area contributed by atoms with Crippen LogP contribution in [0.1, 0.15) is 19.8 Å². The molecule has 0 unspecified atom stereocenters. The Bertz CT molecular complexity index is 342. The van der Waals surface area contributed by atoms with Crippen molar-refractivity contribution in [2.24, 2.45) is 5.41 Å². The van der Waals surface area contributed by atoms with E-state index in [0.29, 0.717) is 5.41 Å². The van der Waals surface area contributed by atoms with E-state index in [1.807, 2.05) is 0 Å². The van der Waals surface area contributed by atoms with Crippen LogP contribution in [0.2, 0.25) is 0 Å². The van der Waals surface area contributed by atoms with Crippen molar-refractivity contribution in [2.75, 3.05) is 31.2 Å². The number of piperidine rings is 1. The zero-order valence-corrected chi connectivity index (χ0v) is 11.6. The molecule has 1 aliphatic heterocycles. The van der Waals surface area contributed by atoms with E-state index < -0.39 is 0 Å². The van der Waals surface area contributed by atoms with Crippen molar-refractivity contribution < 1.29 is 0 Å². The van der Waals surface area contributed by atoms with Crippen LogP contribution in [-0.4, -0.2) is 25.9 Å². The molecule has 0 bridgehead atoms. The standard InChI is InChI=1S/C14H22N2S/c1-14(7-9-15-10-8-14)11-16-12-3-5-13(17-2)6-4-12/h3-6,15-16H,7-11H2,1-2H3. The zero-order chi connectivity index (χ0) is 12.1. The molecule has 1 fully saturated rings. The largest absolute Gasteiger partial charge is 0.384 e. The maximum atomic E-state index is 3.57. The Labute approximate surface area is 109 Å². The van der Waals surface area contributed by atoms with E-state index in [4.69, 9.17) is 0 Å². The lowest BCUT2D eigenvalue weighted by molar-refractivity contribution is 0.247. The molecule has 17 heavy (non-hydrogen) atoms. The summed E-state index contributed by atoms with van der Waals surface area (Å²) in [6, 6.07) is 8.71. The maximum absolute atomic E-state index is 3.57. The van der Waals surface area contributed by atoms with Crippen molar-refractivity contribution >= 4 is 17.4 Å². The maximum Gasteiger partial charge on any atom is 0.0341 e. The van der Waals surface area contributed by atoms with Crippen molar-refractivity contribution in [3.8, 4) is 0 Å². The zero-order valence-electron chi connectivity index (χ0n) is 10.8. The fourth-order valence-electron chi connectivity index (χ4n) is 2.23. The fourth-order valence-corrected chi connectivity index (χ4v) is 2.64. The molecular weight excluding hydrogens is 228 g/mol. The third kappa shape index (κ3) is 3.65. The summed E-state index contributed by atoms with van der Waals surface area (Å²) in [5.41, 5.74) is 1.69. The molecule has 0 aromatic heterocycles. The predicted octanol–water partition coefficient (Wildman–Crippen LogP) is 3.21. The SMILES string of the molecule is CSc1ccc(NCC2(C)CCNCC2)cc1. The van der Waals surface area contributed by atoms with Gasteiger partial charge in [-0.15, -0.1) is 11.8 Å². The monoisotopic (exact) mass is 250 g/mol. The predicted molar refractivity (Wildman–Crippen MR) is 76.9 cm³/mol. The van der Waals surface area contributed by atoms with E-state index >= 15 is 0 Å². The first-order valence-electron chi connectivity index (χ1n) is 6.31. The van der Waals surface area contributed by atoms with Crippen molar-refractivity contribution in [3.63, 3.8) is 0 Å². The van der Waals surface area contributed by atoms with Crippen molar-refractivity contribution in [1.82, 2.24) is 5.32 Å². The molecule has 0 atom stereocenters. The highest BCUT2D eigenvalue weighted by Gasteiger charge is 2.26. The van der Waals surface area contributed by atoms with Gasteiger partial charge in [0.1, 0.15) is 0 Å². The van der Waals surface area contributed by atoms with Crippen LogP contribution in [0.4, 0.5) is 5.69 Å². The van der Waals surface area contributed by atoms with E-state index in [1.165, 1.54) is 23.4 Å². The second kappa shape index (κ2) is 5.78. The highest BCUT2D eigenvalue weighted by atomic mass is 32.2. The molecule has 1 aromatic rings. The molecule has 0 saturated carbocycles. The van der Waals surface area contributed by atoms with Gasteiger partial charge >= 0.3 is 0 Å². The molecule has 0 aliphatic carbocycles. The highest BCUT2D eigenvalue weighted by molar-refractivity contribution is 7.98. The number of benzene rings is 1. The molecule has 2 rings (SSSR count). The summed E-state index contributed by atoms with van der Waals surface area (Å²) in [6.07, 6.45) is 4.64. The van der Waals surface area contributed by atoms with Crippen LogP contribution < -0.4 is 10.6 Å². The Hall–Kier alpha value is -0.670. The number of thioether (sulfide) groups is 1. The molecule has 0 spiro atoms. The minimum absolute atomic E-state index is 0.448. The van der Waals surface area contributed by atoms with Crippen LogP contribution in [0, 0.1) is 5.41 Å². The van der Waals surface area contributed by atoms with Gasteiger partial charge in [-0.05, 0) is 61.9 Å². The van der Waals surface area contributed by atoms with Crippen LogP contribution in [-0.2, 0) is 0 Å². The van der Waals surface area contributed by atoms with Gasteiger partial charge in [-0.3, -0.25) is 0 Å². The third-order valence-corrected chi connectivity index (χ3v) is 4.36. The second-order valence-electron chi connectivity index (χ2n) is 5.14. The quantitative estimate of drug-likeness (QED) is 0.802. The van der Waals surface area contributed by atoms with E-state index in [2.05, 4.69) is 48.1 Å². The van der Waals surface area contributed by atoms with Crippen LogP contribution >= 0.6 is 11.8 Å². The fraction of sp³-hybridized carbons (Fsp3) is 0.571. The average Bonchev–Trinajstić information content (AvgIpc) is 2.38. The molecule has 2 N–H and O–H groups in total. The van der Waals surface area contributed by atoms with E-state index in [9.17, 15) is 0 Å². The van der Waals surface area contributed by atoms with Gasteiger partial charge in [-0.2, -0.15) is 0 Å². The van der Waals surface area contributed by atoms with Crippen LogP contribution in [0.5, 0.6) is 0 Å². The summed E-state index contributed by atoms with van der Waals surface area (Å²) in [6.45, 7) is 5.78. The number of anilines is 1. The van der Waals surface area contributed by atoms with Crippen molar-refractivity contribution in [3.05, 3.63) is 24.3 Å². The number of nitrogens with one attached hydrogen (secondary N) is 2. The van der Waals surface area contributed by atoms with Gasteiger partial charge in [-0.1, -0.05) is 6.92 Å². The van der Waals surface area contributed by atoms with E-state index in [-0.39, 0.29) is 0 Å². The topological polar surface area (TPSA) is 24.1 Å². The first-order valence-corrected chi connectivity index (χ1v) is 7.53. The molecular formula is C14H22N2S. The van der Waals surface area contributed by atoms with Gasteiger partial charge in [0, 0.05) is 17.1 Å². The summed E-state index contributed by atoms with van der Waals surface area (Å²) in [7, 11) is 0. The molecule has 0 radical (unpaired) electrons. The van der Waals surface area contributed by atoms with Crippen molar-refractivity contribution in [1.29, 1.82) is 0 Å². The summed E-state index contributed by atoms with van der Waals surface area (Å²) < 4.78 is 0. The van der Waals surface area contributed by atoms with Gasteiger partial charge in [0.05, 0.1) is 0 Å². The Morgan fingerprint density at radius 1 is 1.24 bits per heavy atom. The first kappa shape index (κ1) is 12.8. The van der Waals surface area contributed by atoms with Gasteiger partial charge < -0.3 is 10.6 Å². The van der Waals surface area contributed by atoms with Crippen LogP contribution in [0.25, 0.3) is 0 Å². The minimum Gasteiger partial charge on any atom is -0.384 e. The third-order valence-electron chi connectivity index (χ3n) is 3.62. The van der Waals surface area contributed by atoms with Crippen LogP contribution in [0.3, 0.4) is 0 Å². The van der Waals surface area contributed by atoms with Gasteiger partial charge in [-0.25, -0.2) is 0 Å². The molecule has 0 amide bonds. The Kier molecular flexibility index (Phi) is 4.35. The molecule has 94 valence electrons. The normalized spacial score (nSPS) is 18.9. The van der Waals surface area contributed by atoms with E-state index in [0.717, 1.165) is 19.6 Å². The lowest BCUT2D eigenvalue weighted by Crippen LogP contribution is -2.39. The summed E-state index contributed by atoms with van der Waals surface area (Å²) in [5.74, 6) is 0. The first-order chi connectivity index (χ1) is 8.22. The molecule has 1 heterocycles. The number of hydrogen-bond acceptors (Lipinski definition) is 3. The van der Waals surface area contributed by atoms with Crippen LogP contribution in [0.15, 0.2) is 29.2 Å². The summed E-state index contributed by atoms with van der Waals surface area (Å²) in [5, 5.41) is 6.99. The summed E-state index contributed by atoms with van der Waals surface area (Å²) >= 11 is 1.79. The second-order valence-corrected chi connectivity index (χ2v) is 6.02. The molecule has 2 nitrogen and oxygen atoms in total. The average molecular weight is 250 g/mol.